The molecular formula is C13H22N2O2. The van der Waals surface area contributed by atoms with Crippen LogP contribution in [-0.4, -0.2) is 31.7 Å². The van der Waals surface area contributed by atoms with Gasteiger partial charge in [-0.15, -0.1) is 0 Å². The van der Waals surface area contributed by atoms with E-state index in [1.807, 2.05) is 6.07 Å². The van der Waals surface area contributed by atoms with Gasteiger partial charge in [0.15, 0.2) is 0 Å². The quantitative estimate of drug-likeness (QED) is 0.846. The Morgan fingerprint density at radius 2 is 2.41 bits per heavy atom. The minimum absolute atomic E-state index is 0.545. The van der Waals surface area contributed by atoms with E-state index in [0.29, 0.717) is 12.5 Å². The molecule has 1 atom stereocenters. The lowest BCUT2D eigenvalue weighted by Gasteiger charge is -2.26. The second kappa shape index (κ2) is 6.19. The highest BCUT2D eigenvalue weighted by atomic mass is 16.5. The van der Waals surface area contributed by atoms with Crippen LogP contribution in [0.25, 0.3) is 0 Å². The normalized spacial score (nSPS) is 21.0. The summed E-state index contributed by atoms with van der Waals surface area (Å²) >= 11 is 0. The highest BCUT2D eigenvalue weighted by Crippen LogP contribution is 2.16. The lowest BCUT2D eigenvalue weighted by Crippen LogP contribution is -2.30. The van der Waals surface area contributed by atoms with Crippen molar-refractivity contribution in [3.8, 4) is 0 Å². The Labute approximate surface area is 103 Å². The van der Waals surface area contributed by atoms with Gasteiger partial charge in [-0.1, -0.05) is 0 Å². The van der Waals surface area contributed by atoms with Gasteiger partial charge in [0.2, 0.25) is 0 Å². The monoisotopic (exact) mass is 238 g/mol. The van der Waals surface area contributed by atoms with Gasteiger partial charge >= 0.3 is 0 Å². The Morgan fingerprint density at radius 1 is 1.53 bits per heavy atom. The van der Waals surface area contributed by atoms with E-state index < -0.39 is 0 Å². The van der Waals surface area contributed by atoms with Gasteiger partial charge in [0, 0.05) is 25.3 Å². The molecule has 1 aliphatic heterocycles. The van der Waals surface area contributed by atoms with Crippen LogP contribution >= 0.6 is 0 Å². The Hall–Kier alpha value is -0.840. The number of ether oxygens (including phenoxy) is 1. The highest BCUT2D eigenvalue weighted by Gasteiger charge is 2.16. The Balaban J connectivity index is 1.77. The van der Waals surface area contributed by atoms with Crippen LogP contribution in [-0.2, 0) is 17.8 Å². The van der Waals surface area contributed by atoms with E-state index in [4.69, 9.17) is 14.9 Å². The third kappa shape index (κ3) is 3.84. The molecule has 1 aliphatic rings. The molecule has 1 saturated heterocycles. The van der Waals surface area contributed by atoms with E-state index >= 15 is 0 Å². The molecule has 0 spiro atoms. The van der Waals surface area contributed by atoms with Crippen molar-refractivity contribution in [1.29, 1.82) is 0 Å². The lowest BCUT2D eigenvalue weighted by atomic mass is 10.0. The van der Waals surface area contributed by atoms with E-state index in [-0.39, 0.29) is 0 Å². The summed E-state index contributed by atoms with van der Waals surface area (Å²) in [4.78, 5) is 2.29. The Bertz CT molecular complexity index is 332. The smallest absolute Gasteiger partial charge is 0.118 e. The molecule has 2 heterocycles. The van der Waals surface area contributed by atoms with Crippen LogP contribution in [0, 0.1) is 5.92 Å². The molecule has 0 aliphatic carbocycles. The first-order valence-corrected chi connectivity index (χ1v) is 6.30. The molecule has 0 radical (unpaired) electrons. The summed E-state index contributed by atoms with van der Waals surface area (Å²) in [5.74, 6) is 1.65. The summed E-state index contributed by atoms with van der Waals surface area (Å²) in [6, 6.07) is 2.04. The molecule has 2 rings (SSSR count). The SMILES string of the molecule is CN(Cc1cc(CN)co1)CC1CCCOC1. The molecule has 17 heavy (non-hydrogen) atoms. The predicted octanol–water partition coefficient (Wildman–Crippen LogP) is 1.60. The molecule has 0 aromatic carbocycles. The molecule has 96 valence electrons. The van der Waals surface area contributed by atoms with Crippen molar-refractivity contribution in [3.05, 3.63) is 23.7 Å². The fraction of sp³-hybridized carbons (Fsp3) is 0.692. The van der Waals surface area contributed by atoms with Crippen LogP contribution in [0.4, 0.5) is 0 Å². The molecule has 1 aromatic rings. The fourth-order valence-corrected chi connectivity index (χ4v) is 2.34. The van der Waals surface area contributed by atoms with Gasteiger partial charge < -0.3 is 14.9 Å². The van der Waals surface area contributed by atoms with Gasteiger partial charge in [-0.3, -0.25) is 4.90 Å². The minimum atomic E-state index is 0.545. The van der Waals surface area contributed by atoms with Crippen LogP contribution in [0.3, 0.4) is 0 Å². The second-order valence-corrected chi connectivity index (χ2v) is 4.91. The number of nitrogens with zero attached hydrogens (tertiary/aromatic N) is 1. The van der Waals surface area contributed by atoms with Crippen LogP contribution < -0.4 is 5.73 Å². The summed E-state index contributed by atoms with van der Waals surface area (Å²) in [6.07, 6.45) is 4.21. The number of hydrogen-bond acceptors (Lipinski definition) is 4. The summed E-state index contributed by atoms with van der Waals surface area (Å²) in [5.41, 5.74) is 6.62. The van der Waals surface area contributed by atoms with Crippen molar-refractivity contribution < 1.29 is 9.15 Å². The van der Waals surface area contributed by atoms with Gasteiger partial charge in [0.1, 0.15) is 5.76 Å². The summed E-state index contributed by atoms with van der Waals surface area (Å²) in [6.45, 7) is 4.29. The Morgan fingerprint density at radius 3 is 3.06 bits per heavy atom. The van der Waals surface area contributed by atoms with Crippen LogP contribution in [0.1, 0.15) is 24.2 Å². The molecule has 1 unspecified atom stereocenters. The highest BCUT2D eigenvalue weighted by molar-refractivity contribution is 5.12. The van der Waals surface area contributed by atoms with E-state index in [0.717, 1.165) is 37.6 Å². The largest absolute Gasteiger partial charge is 0.468 e. The number of nitrogens with two attached hydrogens (primary N) is 1. The van der Waals surface area contributed by atoms with Crippen molar-refractivity contribution in [3.63, 3.8) is 0 Å². The van der Waals surface area contributed by atoms with Crippen LogP contribution in [0.5, 0.6) is 0 Å². The van der Waals surface area contributed by atoms with Gasteiger partial charge in [-0.2, -0.15) is 0 Å². The predicted molar refractivity (Wildman–Crippen MR) is 66.5 cm³/mol. The zero-order chi connectivity index (χ0) is 12.1. The molecule has 0 bridgehead atoms. The van der Waals surface area contributed by atoms with Crippen molar-refractivity contribution in [2.75, 3.05) is 26.8 Å². The zero-order valence-electron chi connectivity index (χ0n) is 10.5. The van der Waals surface area contributed by atoms with Crippen molar-refractivity contribution >= 4 is 0 Å². The zero-order valence-corrected chi connectivity index (χ0v) is 10.5. The first-order chi connectivity index (χ1) is 8.28. The summed E-state index contributed by atoms with van der Waals surface area (Å²) in [5, 5.41) is 0. The molecule has 0 amide bonds. The molecule has 1 aromatic heterocycles. The maximum Gasteiger partial charge on any atom is 0.118 e. The second-order valence-electron chi connectivity index (χ2n) is 4.91. The average Bonchev–Trinajstić information content (AvgIpc) is 2.78. The van der Waals surface area contributed by atoms with Gasteiger partial charge in [0.05, 0.1) is 19.4 Å². The van der Waals surface area contributed by atoms with E-state index in [2.05, 4.69) is 11.9 Å². The summed E-state index contributed by atoms with van der Waals surface area (Å²) < 4.78 is 11.0. The molecule has 4 heteroatoms. The third-order valence-electron chi connectivity index (χ3n) is 3.19. The minimum Gasteiger partial charge on any atom is -0.468 e. The van der Waals surface area contributed by atoms with Crippen LogP contribution in [0.15, 0.2) is 16.7 Å². The lowest BCUT2D eigenvalue weighted by molar-refractivity contribution is 0.0404. The van der Waals surface area contributed by atoms with Gasteiger partial charge in [-0.25, -0.2) is 0 Å². The van der Waals surface area contributed by atoms with E-state index in [1.165, 1.54) is 12.8 Å². The fourth-order valence-electron chi connectivity index (χ4n) is 2.34. The Kier molecular flexibility index (Phi) is 4.59. The first kappa shape index (κ1) is 12.6. The van der Waals surface area contributed by atoms with Gasteiger partial charge in [-0.05, 0) is 31.9 Å². The molecule has 0 saturated carbocycles. The number of rotatable bonds is 5. The third-order valence-corrected chi connectivity index (χ3v) is 3.19. The number of furan rings is 1. The molecular weight excluding hydrogens is 216 g/mol. The molecule has 2 N–H and O–H groups in total. The first-order valence-electron chi connectivity index (χ1n) is 6.30. The van der Waals surface area contributed by atoms with Crippen molar-refractivity contribution in [2.45, 2.75) is 25.9 Å². The van der Waals surface area contributed by atoms with E-state index in [1.54, 1.807) is 6.26 Å². The average molecular weight is 238 g/mol. The summed E-state index contributed by atoms with van der Waals surface area (Å²) in [7, 11) is 2.12. The maximum absolute atomic E-state index is 5.55. The molecule has 1 fully saturated rings. The topological polar surface area (TPSA) is 51.6 Å². The number of hydrogen-bond donors (Lipinski definition) is 1. The van der Waals surface area contributed by atoms with Crippen molar-refractivity contribution in [1.82, 2.24) is 4.90 Å². The van der Waals surface area contributed by atoms with E-state index in [9.17, 15) is 0 Å². The standard InChI is InChI=1S/C13H22N2O2/c1-15(7-11-3-2-4-16-9-11)8-13-5-12(6-14)10-17-13/h5,10-11H,2-4,6-9,14H2,1H3. The maximum atomic E-state index is 5.55. The van der Waals surface area contributed by atoms with Gasteiger partial charge in [0.25, 0.3) is 0 Å². The van der Waals surface area contributed by atoms with Crippen molar-refractivity contribution in [2.24, 2.45) is 11.7 Å². The molecule has 4 nitrogen and oxygen atoms in total. The van der Waals surface area contributed by atoms with Crippen LogP contribution in [0.2, 0.25) is 0 Å².